The third-order valence-corrected chi connectivity index (χ3v) is 4.52. The van der Waals surface area contributed by atoms with E-state index >= 15 is 0 Å². The Labute approximate surface area is 149 Å². The molecule has 0 radical (unpaired) electrons. The van der Waals surface area contributed by atoms with Crippen molar-refractivity contribution >= 4 is 29.8 Å². The minimum atomic E-state index is 0.112. The van der Waals surface area contributed by atoms with Crippen LogP contribution in [0.3, 0.4) is 0 Å². The summed E-state index contributed by atoms with van der Waals surface area (Å²) in [7, 11) is 0. The molecule has 1 aromatic carbocycles. The number of H-pyrrole nitrogens is 1. The minimum Gasteiger partial charge on any atom is -0.491 e. The molecule has 0 saturated carbocycles. The van der Waals surface area contributed by atoms with Crippen molar-refractivity contribution in [2.75, 3.05) is 0 Å². The van der Waals surface area contributed by atoms with Crippen LogP contribution in [0.25, 0.3) is 11.4 Å². The molecule has 0 aliphatic heterocycles. The molecule has 0 unspecified atom stereocenters. The van der Waals surface area contributed by atoms with Crippen molar-refractivity contribution < 1.29 is 4.74 Å². The van der Waals surface area contributed by atoms with Gasteiger partial charge >= 0.3 is 0 Å². The van der Waals surface area contributed by atoms with Crippen LogP contribution in [0.15, 0.2) is 40.8 Å². The van der Waals surface area contributed by atoms with Gasteiger partial charge in [0.15, 0.2) is 5.82 Å². The van der Waals surface area contributed by atoms with Crippen molar-refractivity contribution in [2.24, 2.45) is 5.10 Å². The Balaban J connectivity index is 1.97. The summed E-state index contributed by atoms with van der Waals surface area (Å²) in [6.45, 7) is 6.05. The van der Waals surface area contributed by atoms with Crippen LogP contribution < -0.4 is 4.74 Å². The Morgan fingerprint density at radius 2 is 2.21 bits per heavy atom. The molecule has 3 rings (SSSR count). The molecule has 5 nitrogen and oxygen atoms in total. The summed E-state index contributed by atoms with van der Waals surface area (Å²) < 4.78 is 7.83. The predicted molar refractivity (Wildman–Crippen MR) is 101 cm³/mol. The summed E-state index contributed by atoms with van der Waals surface area (Å²) in [4.78, 5) is 1.10. The van der Waals surface area contributed by atoms with Crippen LogP contribution >= 0.6 is 23.6 Å². The highest BCUT2D eigenvalue weighted by Gasteiger charge is 2.10. The molecule has 0 amide bonds. The second kappa shape index (κ2) is 7.11. The standard InChI is InChI=1S/C17H18N4OS2/c1-11(2)22-14-6-4-5-13(9-14)16-19-20-17(23)21(16)18-10-15-12(3)7-8-24-15/h4-11H,1-3H3,(H,20,23). The van der Waals surface area contributed by atoms with E-state index in [1.807, 2.05) is 49.7 Å². The SMILES string of the molecule is Cc1ccsc1C=Nn1c(-c2cccc(OC(C)C)c2)n[nH]c1=S. The van der Waals surface area contributed by atoms with Crippen LogP contribution in [0.5, 0.6) is 5.75 Å². The van der Waals surface area contributed by atoms with E-state index < -0.39 is 0 Å². The van der Waals surface area contributed by atoms with Gasteiger partial charge in [-0.25, -0.2) is 5.10 Å². The van der Waals surface area contributed by atoms with Gasteiger partial charge in [-0.15, -0.1) is 11.3 Å². The molecule has 124 valence electrons. The fourth-order valence-corrected chi connectivity index (χ4v) is 3.15. The van der Waals surface area contributed by atoms with Crippen molar-refractivity contribution in [3.05, 3.63) is 50.9 Å². The van der Waals surface area contributed by atoms with Crippen molar-refractivity contribution in [2.45, 2.75) is 26.9 Å². The Kier molecular flexibility index (Phi) is 4.92. The van der Waals surface area contributed by atoms with E-state index in [-0.39, 0.29) is 6.10 Å². The second-order valence-electron chi connectivity index (χ2n) is 5.57. The minimum absolute atomic E-state index is 0.112. The number of nitrogens with one attached hydrogen (secondary N) is 1. The molecule has 2 aromatic heterocycles. The van der Waals surface area contributed by atoms with Gasteiger partial charge in [-0.05, 0) is 62.1 Å². The monoisotopic (exact) mass is 358 g/mol. The normalized spacial score (nSPS) is 11.5. The number of aryl methyl sites for hydroxylation is 1. The van der Waals surface area contributed by atoms with E-state index in [0.29, 0.717) is 10.6 Å². The zero-order valence-electron chi connectivity index (χ0n) is 13.7. The molecular weight excluding hydrogens is 340 g/mol. The number of ether oxygens (including phenoxy) is 1. The third kappa shape index (κ3) is 3.63. The molecule has 0 saturated heterocycles. The molecule has 7 heteroatoms. The Hall–Kier alpha value is -2.25. The van der Waals surface area contributed by atoms with Crippen LogP contribution in [0, 0.1) is 11.7 Å². The first kappa shape index (κ1) is 16.6. The van der Waals surface area contributed by atoms with Crippen LogP contribution in [0.2, 0.25) is 0 Å². The number of rotatable bonds is 5. The first-order valence-corrected chi connectivity index (χ1v) is 8.86. The van der Waals surface area contributed by atoms with Gasteiger partial charge in [0.05, 0.1) is 17.2 Å². The average Bonchev–Trinajstić information content (AvgIpc) is 3.11. The molecule has 1 N–H and O–H groups in total. The van der Waals surface area contributed by atoms with Crippen molar-refractivity contribution in [3.8, 4) is 17.1 Å². The van der Waals surface area contributed by atoms with Crippen LogP contribution in [0.4, 0.5) is 0 Å². The van der Waals surface area contributed by atoms with Crippen LogP contribution in [0.1, 0.15) is 24.3 Å². The van der Waals surface area contributed by atoms with Gasteiger partial charge in [0.25, 0.3) is 0 Å². The van der Waals surface area contributed by atoms with E-state index in [2.05, 4.69) is 28.3 Å². The lowest BCUT2D eigenvalue weighted by molar-refractivity contribution is 0.242. The van der Waals surface area contributed by atoms with E-state index in [0.717, 1.165) is 16.2 Å². The molecule has 0 aliphatic carbocycles. The van der Waals surface area contributed by atoms with Crippen molar-refractivity contribution in [1.82, 2.24) is 14.9 Å². The first-order chi connectivity index (χ1) is 11.5. The summed E-state index contributed by atoms with van der Waals surface area (Å²) in [5, 5.41) is 13.7. The van der Waals surface area contributed by atoms with Crippen LogP contribution in [-0.4, -0.2) is 27.2 Å². The Morgan fingerprint density at radius 3 is 2.92 bits per heavy atom. The zero-order valence-corrected chi connectivity index (χ0v) is 15.3. The molecule has 0 bridgehead atoms. The maximum atomic E-state index is 5.75. The Bertz CT molecular complexity index is 921. The van der Waals surface area contributed by atoms with E-state index in [9.17, 15) is 0 Å². The number of benzene rings is 1. The quantitative estimate of drug-likeness (QED) is 0.534. The fraction of sp³-hybridized carbons (Fsp3) is 0.235. The molecule has 24 heavy (non-hydrogen) atoms. The number of aromatic amines is 1. The molecule has 2 heterocycles. The lowest BCUT2D eigenvalue weighted by Crippen LogP contribution is -2.05. The second-order valence-corrected chi connectivity index (χ2v) is 6.91. The number of hydrogen-bond acceptors (Lipinski definition) is 5. The third-order valence-electron chi connectivity index (χ3n) is 3.31. The van der Waals surface area contributed by atoms with Crippen molar-refractivity contribution in [3.63, 3.8) is 0 Å². The zero-order chi connectivity index (χ0) is 17.1. The number of aromatic nitrogens is 3. The lowest BCUT2D eigenvalue weighted by Gasteiger charge is -2.10. The average molecular weight is 358 g/mol. The molecule has 3 aromatic rings. The van der Waals surface area contributed by atoms with Gasteiger partial charge in [-0.3, -0.25) is 0 Å². The predicted octanol–water partition coefficient (Wildman–Crippen LogP) is 4.65. The summed E-state index contributed by atoms with van der Waals surface area (Å²) in [5.41, 5.74) is 2.08. The molecule has 0 aliphatic rings. The van der Waals surface area contributed by atoms with Gasteiger partial charge in [0.2, 0.25) is 4.77 Å². The van der Waals surface area contributed by atoms with Gasteiger partial charge in [0.1, 0.15) is 5.75 Å². The largest absolute Gasteiger partial charge is 0.491 e. The lowest BCUT2D eigenvalue weighted by atomic mass is 10.2. The number of hydrogen-bond donors (Lipinski definition) is 1. The van der Waals surface area contributed by atoms with Crippen LogP contribution in [-0.2, 0) is 0 Å². The highest BCUT2D eigenvalue weighted by atomic mass is 32.1. The van der Waals surface area contributed by atoms with Gasteiger partial charge in [-0.2, -0.15) is 14.9 Å². The molecular formula is C17H18N4OS2. The molecule has 0 spiro atoms. The number of nitrogens with zero attached hydrogens (tertiary/aromatic N) is 3. The first-order valence-electron chi connectivity index (χ1n) is 7.57. The van der Waals surface area contributed by atoms with Gasteiger partial charge in [-0.1, -0.05) is 12.1 Å². The highest BCUT2D eigenvalue weighted by molar-refractivity contribution is 7.71. The number of thiophene rings is 1. The summed E-state index contributed by atoms with van der Waals surface area (Å²) in [6, 6.07) is 9.82. The smallest absolute Gasteiger partial charge is 0.216 e. The molecule has 0 atom stereocenters. The Morgan fingerprint density at radius 1 is 1.38 bits per heavy atom. The highest BCUT2D eigenvalue weighted by Crippen LogP contribution is 2.23. The maximum Gasteiger partial charge on any atom is 0.216 e. The summed E-state index contributed by atoms with van der Waals surface area (Å²) >= 11 is 6.95. The van der Waals surface area contributed by atoms with Gasteiger partial charge in [0, 0.05) is 5.56 Å². The maximum absolute atomic E-state index is 5.75. The summed E-state index contributed by atoms with van der Waals surface area (Å²) in [5.74, 6) is 1.45. The molecule has 0 fully saturated rings. The topological polar surface area (TPSA) is 55.2 Å². The summed E-state index contributed by atoms with van der Waals surface area (Å²) in [6.07, 6.45) is 1.92. The fourth-order valence-electron chi connectivity index (χ4n) is 2.19. The van der Waals surface area contributed by atoms with Gasteiger partial charge < -0.3 is 4.74 Å². The van der Waals surface area contributed by atoms with Crippen molar-refractivity contribution in [1.29, 1.82) is 0 Å². The van der Waals surface area contributed by atoms with E-state index in [1.165, 1.54) is 5.56 Å². The van der Waals surface area contributed by atoms with E-state index in [4.69, 9.17) is 17.0 Å². The van der Waals surface area contributed by atoms with E-state index in [1.54, 1.807) is 16.0 Å².